The van der Waals surface area contributed by atoms with Gasteiger partial charge in [-0.25, -0.2) is 5.26 Å². The summed E-state index contributed by atoms with van der Waals surface area (Å²) in [6.07, 6.45) is 1.34. The second kappa shape index (κ2) is 3.86. The Bertz CT molecular complexity index is 585. The SMILES string of the molecule is COc1c(OO)ccc2c(=O)c(C)coc12. The van der Waals surface area contributed by atoms with Crippen LogP contribution in [0.2, 0.25) is 0 Å². The van der Waals surface area contributed by atoms with Crippen molar-refractivity contribution in [2.24, 2.45) is 0 Å². The van der Waals surface area contributed by atoms with Gasteiger partial charge in [0.2, 0.25) is 11.5 Å². The Morgan fingerprint density at radius 2 is 2.12 bits per heavy atom. The predicted octanol–water partition coefficient (Wildman–Crippen LogP) is 1.96. The molecule has 1 aromatic carbocycles. The summed E-state index contributed by atoms with van der Waals surface area (Å²) in [5, 5.41) is 9.02. The molecule has 0 aliphatic carbocycles. The normalized spacial score (nSPS) is 10.4. The van der Waals surface area contributed by atoms with Gasteiger partial charge in [0.05, 0.1) is 18.8 Å². The van der Waals surface area contributed by atoms with E-state index in [2.05, 4.69) is 4.89 Å². The summed E-state index contributed by atoms with van der Waals surface area (Å²) in [4.78, 5) is 15.9. The van der Waals surface area contributed by atoms with E-state index in [1.54, 1.807) is 6.92 Å². The third-order valence-electron chi connectivity index (χ3n) is 2.33. The monoisotopic (exact) mass is 222 g/mol. The number of ether oxygens (including phenoxy) is 1. The zero-order valence-electron chi connectivity index (χ0n) is 8.81. The lowest BCUT2D eigenvalue weighted by Gasteiger charge is -2.07. The topological polar surface area (TPSA) is 68.9 Å². The molecular weight excluding hydrogens is 212 g/mol. The van der Waals surface area contributed by atoms with Gasteiger partial charge in [0.15, 0.2) is 11.0 Å². The van der Waals surface area contributed by atoms with E-state index in [-0.39, 0.29) is 22.5 Å². The number of hydrogen-bond acceptors (Lipinski definition) is 5. The van der Waals surface area contributed by atoms with Gasteiger partial charge in [-0.2, -0.15) is 0 Å². The minimum atomic E-state index is -0.135. The Balaban J connectivity index is 2.90. The maximum absolute atomic E-state index is 11.8. The van der Waals surface area contributed by atoms with Gasteiger partial charge in [-0.1, -0.05) is 0 Å². The van der Waals surface area contributed by atoms with Crippen LogP contribution >= 0.6 is 0 Å². The first-order valence-corrected chi connectivity index (χ1v) is 4.59. The highest BCUT2D eigenvalue weighted by Crippen LogP contribution is 2.33. The maximum atomic E-state index is 11.8. The van der Waals surface area contributed by atoms with Crippen LogP contribution in [0.4, 0.5) is 0 Å². The summed E-state index contributed by atoms with van der Waals surface area (Å²) >= 11 is 0. The van der Waals surface area contributed by atoms with E-state index < -0.39 is 0 Å². The smallest absolute Gasteiger partial charge is 0.210 e. The minimum Gasteiger partial charge on any atom is -0.490 e. The molecule has 0 amide bonds. The van der Waals surface area contributed by atoms with Gasteiger partial charge in [-0.05, 0) is 19.1 Å². The standard InChI is InChI=1S/C11H10O5/c1-6-5-15-10-7(9(6)12)3-4-8(16-13)11(10)14-2/h3-5,13H,1-2H3. The van der Waals surface area contributed by atoms with Crippen LogP contribution in [0.5, 0.6) is 11.5 Å². The van der Waals surface area contributed by atoms with Crippen molar-refractivity contribution in [1.29, 1.82) is 0 Å². The molecule has 16 heavy (non-hydrogen) atoms. The molecule has 0 aliphatic heterocycles. The van der Waals surface area contributed by atoms with Crippen molar-refractivity contribution in [2.45, 2.75) is 6.92 Å². The van der Waals surface area contributed by atoms with Gasteiger partial charge in [0.1, 0.15) is 0 Å². The molecule has 0 atom stereocenters. The second-order valence-corrected chi connectivity index (χ2v) is 3.31. The summed E-state index contributed by atoms with van der Waals surface area (Å²) in [6, 6.07) is 2.96. The Kier molecular flexibility index (Phi) is 2.54. The van der Waals surface area contributed by atoms with Crippen molar-refractivity contribution < 1.29 is 19.3 Å². The molecule has 0 saturated carbocycles. The first kappa shape index (κ1) is 10.5. The lowest BCUT2D eigenvalue weighted by molar-refractivity contribution is -0.138. The van der Waals surface area contributed by atoms with Crippen LogP contribution in [0.25, 0.3) is 11.0 Å². The summed E-state index contributed by atoms with van der Waals surface area (Å²) in [7, 11) is 1.40. The van der Waals surface area contributed by atoms with Crippen molar-refractivity contribution in [3.63, 3.8) is 0 Å². The number of hydrogen-bond donors (Lipinski definition) is 1. The Morgan fingerprint density at radius 1 is 1.38 bits per heavy atom. The average molecular weight is 222 g/mol. The fourth-order valence-corrected chi connectivity index (χ4v) is 1.52. The molecule has 1 heterocycles. The van der Waals surface area contributed by atoms with Gasteiger partial charge < -0.3 is 14.0 Å². The van der Waals surface area contributed by atoms with Crippen LogP contribution in [0, 0.1) is 6.92 Å². The Morgan fingerprint density at radius 3 is 2.75 bits per heavy atom. The largest absolute Gasteiger partial charge is 0.490 e. The maximum Gasteiger partial charge on any atom is 0.210 e. The van der Waals surface area contributed by atoms with E-state index >= 15 is 0 Å². The van der Waals surface area contributed by atoms with Crippen LogP contribution in [-0.2, 0) is 0 Å². The van der Waals surface area contributed by atoms with E-state index in [1.807, 2.05) is 0 Å². The molecule has 2 aromatic rings. The Hall–Kier alpha value is -2.01. The molecule has 5 nitrogen and oxygen atoms in total. The van der Waals surface area contributed by atoms with Gasteiger partial charge in [0.25, 0.3) is 0 Å². The van der Waals surface area contributed by atoms with Crippen LogP contribution in [0.15, 0.2) is 27.6 Å². The lowest BCUT2D eigenvalue weighted by atomic mass is 10.1. The fraction of sp³-hybridized carbons (Fsp3) is 0.182. The summed E-state index contributed by atoms with van der Waals surface area (Å²) in [6.45, 7) is 1.66. The van der Waals surface area contributed by atoms with Gasteiger partial charge in [0, 0.05) is 5.56 Å². The van der Waals surface area contributed by atoms with Crippen LogP contribution in [0.3, 0.4) is 0 Å². The fourth-order valence-electron chi connectivity index (χ4n) is 1.52. The van der Waals surface area contributed by atoms with Crippen molar-refractivity contribution >= 4 is 11.0 Å². The molecule has 84 valence electrons. The molecule has 0 unspecified atom stereocenters. The average Bonchev–Trinajstić information content (AvgIpc) is 2.32. The van der Waals surface area contributed by atoms with Crippen molar-refractivity contribution in [3.8, 4) is 11.5 Å². The zero-order valence-corrected chi connectivity index (χ0v) is 8.81. The van der Waals surface area contributed by atoms with Crippen LogP contribution in [-0.4, -0.2) is 12.4 Å². The highest BCUT2D eigenvalue weighted by Gasteiger charge is 2.14. The lowest BCUT2D eigenvalue weighted by Crippen LogP contribution is -2.05. The quantitative estimate of drug-likeness (QED) is 0.621. The third kappa shape index (κ3) is 1.42. The van der Waals surface area contributed by atoms with Crippen molar-refractivity contribution in [3.05, 3.63) is 34.2 Å². The van der Waals surface area contributed by atoms with Crippen molar-refractivity contribution in [2.75, 3.05) is 7.11 Å². The molecule has 2 rings (SSSR count). The molecule has 0 fully saturated rings. The van der Waals surface area contributed by atoms with Gasteiger partial charge >= 0.3 is 0 Å². The van der Waals surface area contributed by atoms with Crippen molar-refractivity contribution in [1.82, 2.24) is 0 Å². The molecule has 5 heteroatoms. The van der Waals surface area contributed by atoms with E-state index in [0.717, 1.165) is 0 Å². The predicted molar refractivity (Wildman–Crippen MR) is 57.0 cm³/mol. The molecule has 0 radical (unpaired) electrons. The van der Waals surface area contributed by atoms with Crippen LogP contribution in [0.1, 0.15) is 5.56 Å². The van der Waals surface area contributed by atoms with Crippen LogP contribution < -0.4 is 15.1 Å². The van der Waals surface area contributed by atoms with Gasteiger partial charge in [-0.3, -0.25) is 4.79 Å². The minimum absolute atomic E-state index is 0.0991. The Labute approximate surface area is 90.8 Å². The molecule has 0 spiro atoms. The number of aryl methyl sites for hydroxylation is 1. The number of rotatable bonds is 2. The summed E-state index contributed by atoms with van der Waals surface area (Å²) < 4.78 is 10.3. The third-order valence-corrected chi connectivity index (χ3v) is 2.33. The first-order chi connectivity index (χ1) is 7.69. The second-order valence-electron chi connectivity index (χ2n) is 3.31. The summed E-state index contributed by atoms with van der Waals surface area (Å²) in [5.41, 5.74) is 0.626. The first-order valence-electron chi connectivity index (χ1n) is 4.59. The van der Waals surface area contributed by atoms with E-state index in [0.29, 0.717) is 10.9 Å². The molecule has 0 saturated heterocycles. The number of methoxy groups -OCH3 is 1. The molecule has 0 aliphatic rings. The highest BCUT2D eigenvalue weighted by molar-refractivity contribution is 5.85. The zero-order chi connectivity index (χ0) is 11.7. The molecule has 1 aromatic heterocycles. The van der Waals surface area contributed by atoms with Gasteiger partial charge in [-0.15, -0.1) is 0 Å². The summed E-state index contributed by atoms with van der Waals surface area (Å²) in [5.74, 6) is 0.291. The molecule has 1 N–H and O–H groups in total. The number of benzene rings is 1. The number of fused-ring (bicyclic) bond motifs is 1. The highest BCUT2D eigenvalue weighted by atomic mass is 17.1. The van der Waals surface area contributed by atoms with E-state index in [9.17, 15) is 4.79 Å². The van der Waals surface area contributed by atoms with E-state index in [1.165, 1.54) is 25.5 Å². The molecular formula is C11H10O5. The van der Waals surface area contributed by atoms with E-state index in [4.69, 9.17) is 14.4 Å². The molecule has 0 bridgehead atoms.